The summed E-state index contributed by atoms with van der Waals surface area (Å²) in [6.07, 6.45) is 35.7. The van der Waals surface area contributed by atoms with Crippen LogP contribution >= 0.6 is 7.82 Å². The molecule has 0 aliphatic carbocycles. The number of hydrogen-bond acceptors (Lipinski definition) is 9. The van der Waals surface area contributed by atoms with E-state index in [2.05, 4.69) is 42.7 Å². The third-order valence-corrected chi connectivity index (χ3v) is 9.81. The molecule has 0 saturated heterocycles. The molecule has 3 N–H and O–H groups in total. The molecular weight excluding hydrogens is 683 g/mol. The summed E-state index contributed by atoms with van der Waals surface area (Å²) in [6.45, 7) is 2.35. The summed E-state index contributed by atoms with van der Waals surface area (Å²) in [5.74, 6) is -0.929. The molecule has 0 heterocycles. The second-order valence-corrected chi connectivity index (χ2v) is 15.5. The van der Waals surface area contributed by atoms with Crippen LogP contribution in [-0.2, 0) is 32.7 Å². The van der Waals surface area contributed by atoms with Gasteiger partial charge in [-0.25, -0.2) is 4.57 Å². The lowest BCUT2D eigenvalue weighted by Gasteiger charge is -2.20. The molecule has 0 radical (unpaired) electrons. The Hall–Kier alpha value is -1.55. The monoisotopic (exact) mass is 761 g/mol. The maximum Gasteiger partial charge on any atom is 0.472 e. The van der Waals surface area contributed by atoms with Crippen LogP contribution in [0.4, 0.5) is 0 Å². The van der Waals surface area contributed by atoms with Gasteiger partial charge >= 0.3 is 19.8 Å². The quantitative estimate of drug-likeness (QED) is 0.0239. The van der Waals surface area contributed by atoms with Gasteiger partial charge in [-0.2, -0.15) is 0 Å². The van der Waals surface area contributed by atoms with E-state index in [1.165, 1.54) is 89.9 Å². The second kappa shape index (κ2) is 37.8. The van der Waals surface area contributed by atoms with Gasteiger partial charge in [0.15, 0.2) is 6.10 Å². The SMILES string of the molecule is CCCCC/C=C\C/C=C\CCCCCCCCCC(=O)OC(COC(=O)CCCCCCCCCCCCCC)COP(=O)(O)OCC(O)CO. The first kappa shape index (κ1) is 50.5. The Morgan fingerprint density at radius 2 is 1.00 bits per heavy atom. The summed E-state index contributed by atoms with van der Waals surface area (Å²) in [5.41, 5.74) is 0. The Balaban J connectivity index is 4.31. The predicted octanol–water partition coefficient (Wildman–Crippen LogP) is 10.6. The average molecular weight is 761 g/mol. The maximum atomic E-state index is 12.6. The van der Waals surface area contributed by atoms with Crippen molar-refractivity contribution in [3.63, 3.8) is 0 Å². The summed E-state index contributed by atoms with van der Waals surface area (Å²) in [5, 5.41) is 18.3. The molecule has 0 spiro atoms. The van der Waals surface area contributed by atoms with Gasteiger partial charge in [0.05, 0.1) is 19.8 Å². The number of carbonyl (C=O) groups is 2. The van der Waals surface area contributed by atoms with E-state index in [9.17, 15) is 24.2 Å². The lowest BCUT2D eigenvalue weighted by Crippen LogP contribution is -2.29. The molecule has 0 rings (SSSR count). The number of aliphatic hydroxyl groups excluding tert-OH is 2. The molecule has 0 aliphatic heterocycles. The van der Waals surface area contributed by atoms with Crippen molar-refractivity contribution in [2.24, 2.45) is 0 Å². The van der Waals surface area contributed by atoms with E-state index in [0.29, 0.717) is 12.8 Å². The molecule has 11 heteroatoms. The number of unbranched alkanes of at least 4 members (excludes halogenated alkanes) is 21. The largest absolute Gasteiger partial charge is 0.472 e. The van der Waals surface area contributed by atoms with Gasteiger partial charge in [0.2, 0.25) is 0 Å². The Morgan fingerprint density at radius 3 is 1.52 bits per heavy atom. The van der Waals surface area contributed by atoms with Gasteiger partial charge in [-0.1, -0.05) is 154 Å². The topological polar surface area (TPSA) is 149 Å². The van der Waals surface area contributed by atoms with Gasteiger partial charge in [0.1, 0.15) is 12.7 Å². The number of aliphatic hydroxyl groups is 2. The normalized spacial score (nSPS) is 14.2. The summed E-state index contributed by atoms with van der Waals surface area (Å²) >= 11 is 0. The van der Waals surface area contributed by atoms with Crippen molar-refractivity contribution in [1.82, 2.24) is 0 Å². The molecule has 0 aromatic carbocycles. The third-order valence-electron chi connectivity index (χ3n) is 8.86. The molecule has 52 heavy (non-hydrogen) atoms. The number of allylic oxidation sites excluding steroid dienone is 4. The first-order valence-corrected chi connectivity index (χ1v) is 22.3. The standard InChI is InChI=1S/C41H77O10P/c1-3-5-7-9-11-13-15-17-18-19-20-21-23-25-27-29-31-33-41(45)51-39(37-50-52(46,47)49-35-38(43)34-42)36-48-40(44)32-30-28-26-24-22-16-14-12-10-8-6-4-2/h11,13,17-18,38-39,42-43H,3-10,12,14-16,19-37H2,1-2H3,(H,46,47)/b13-11-,18-17-. The first-order chi connectivity index (χ1) is 25.2. The van der Waals surface area contributed by atoms with Gasteiger partial charge in [0.25, 0.3) is 0 Å². The molecule has 0 aromatic rings. The van der Waals surface area contributed by atoms with Crippen molar-refractivity contribution in [2.45, 2.75) is 199 Å². The summed E-state index contributed by atoms with van der Waals surface area (Å²) in [7, 11) is -4.61. The summed E-state index contributed by atoms with van der Waals surface area (Å²) < 4.78 is 32.6. The van der Waals surface area contributed by atoms with E-state index in [-0.39, 0.29) is 19.4 Å². The minimum Gasteiger partial charge on any atom is -0.462 e. The molecule has 0 bridgehead atoms. The fourth-order valence-electron chi connectivity index (χ4n) is 5.61. The highest BCUT2D eigenvalue weighted by atomic mass is 31.2. The fraction of sp³-hybridized carbons (Fsp3) is 0.854. The van der Waals surface area contributed by atoms with Crippen molar-refractivity contribution in [3.05, 3.63) is 24.3 Å². The van der Waals surface area contributed by atoms with Crippen molar-refractivity contribution in [2.75, 3.05) is 26.4 Å². The number of ether oxygens (including phenoxy) is 2. The lowest BCUT2D eigenvalue weighted by molar-refractivity contribution is -0.161. The number of phosphoric ester groups is 1. The van der Waals surface area contributed by atoms with E-state index in [1.54, 1.807) is 0 Å². The van der Waals surface area contributed by atoms with Crippen LogP contribution in [0.1, 0.15) is 187 Å². The summed E-state index contributed by atoms with van der Waals surface area (Å²) in [6, 6.07) is 0. The predicted molar refractivity (Wildman–Crippen MR) is 210 cm³/mol. The van der Waals surface area contributed by atoms with Crippen LogP contribution in [0.2, 0.25) is 0 Å². The Morgan fingerprint density at radius 1 is 0.577 bits per heavy atom. The van der Waals surface area contributed by atoms with Crippen LogP contribution < -0.4 is 0 Å². The molecule has 3 unspecified atom stereocenters. The van der Waals surface area contributed by atoms with E-state index in [4.69, 9.17) is 19.1 Å². The summed E-state index contributed by atoms with van der Waals surface area (Å²) in [4.78, 5) is 34.9. The average Bonchev–Trinajstić information content (AvgIpc) is 3.13. The zero-order chi connectivity index (χ0) is 38.4. The molecule has 0 amide bonds. The lowest BCUT2D eigenvalue weighted by atomic mass is 10.0. The molecule has 306 valence electrons. The number of esters is 2. The first-order valence-electron chi connectivity index (χ1n) is 20.8. The molecule has 10 nitrogen and oxygen atoms in total. The van der Waals surface area contributed by atoms with Gasteiger partial charge in [-0.05, 0) is 44.9 Å². The van der Waals surface area contributed by atoms with Gasteiger partial charge < -0.3 is 24.6 Å². The van der Waals surface area contributed by atoms with Gasteiger partial charge in [0, 0.05) is 12.8 Å². The van der Waals surface area contributed by atoms with Crippen molar-refractivity contribution < 1.29 is 47.8 Å². The highest BCUT2D eigenvalue weighted by molar-refractivity contribution is 7.47. The van der Waals surface area contributed by atoms with Crippen LogP contribution in [0.15, 0.2) is 24.3 Å². The zero-order valence-electron chi connectivity index (χ0n) is 33.0. The molecule has 0 saturated carbocycles. The molecule has 0 fully saturated rings. The zero-order valence-corrected chi connectivity index (χ0v) is 33.9. The van der Waals surface area contributed by atoms with E-state index in [1.807, 2.05) is 0 Å². The highest BCUT2D eigenvalue weighted by Crippen LogP contribution is 2.43. The maximum absolute atomic E-state index is 12.6. The van der Waals surface area contributed by atoms with Gasteiger partial charge in [-0.3, -0.25) is 18.6 Å². The fourth-order valence-corrected chi connectivity index (χ4v) is 6.40. The minimum absolute atomic E-state index is 0.178. The van der Waals surface area contributed by atoms with Crippen molar-refractivity contribution >= 4 is 19.8 Å². The van der Waals surface area contributed by atoms with Crippen LogP contribution in [0.5, 0.6) is 0 Å². The molecule has 0 aromatic heterocycles. The minimum atomic E-state index is -4.61. The number of phosphoric acid groups is 1. The Kier molecular flexibility index (Phi) is 36.6. The molecule has 0 aliphatic rings. The highest BCUT2D eigenvalue weighted by Gasteiger charge is 2.27. The number of carbonyl (C=O) groups excluding carboxylic acids is 2. The van der Waals surface area contributed by atoms with Crippen molar-refractivity contribution in [1.29, 1.82) is 0 Å². The van der Waals surface area contributed by atoms with Crippen LogP contribution in [0, 0.1) is 0 Å². The molecular formula is C41H77O10P. The second-order valence-electron chi connectivity index (χ2n) is 14.0. The van der Waals surface area contributed by atoms with E-state index in [0.717, 1.165) is 57.8 Å². The van der Waals surface area contributed by atoms with Crippen LogP contribution in [0.3, 0.4) is 0 Å². The van der Waals surface area contributed by atoms with Crippen LogP contribution in [-0.4, -0.2) is 65.7 Å². The smallest absolute Gasteiger partial charge is 0.462 e. The number of hydrogen-bond donors (Lipinski definition) is 3. The van der Waals surface area contributed by atoms with Crippen LogP contribution in [0.25, 0.3) is 0 Å². The number of rotatable bonds is 39. The Labute approximate surface area is 317 Å². The van der Waals surface area contributed by atoms with Gasteiger partial charge in [-0.15, -0.1) is 0 Å². The van der Waals surface area contributed by atoms with E-state index >= 15 is 0 Å². The third kappa shape index (κ3) is 36.8. The Bertz CT molecular complexity index is 925. The molecule has 3 atom stereocenters. The van der Waals surface area contributed by atoms with E-state index < -0.39 is 51.8 Å². The van der Waals surface area contributed by atoms with Crippen molar-refractivity contribution in [3.8, 4) is 0 Å².